The van der Waals surface area contributed by atoms with Gasteiger partial charge in [-0.1, -0.05) is 48.5 Å². The van der Waals surface area contributed by atoms with Gasteiger partial charge < -0.3 is 9.47 Å². The normalized spacial score (nSPS) is 54.0. The highest BCUT2D eigenvalue weighted by Crippen LogP contribution is 2.78. The third kappa shape index (κ3) is 3.95. The zero-order valence-corrected chi connectivity index (χ0v) is 26.0. The lowest BCUT2D eigenvalue weighted by atomic mass is 9.30. The standard InChI is InChI=1S/C34H56O4/c1-22-25(38-24(3)36)10-11-26-31(22,6)13-12-27-32(26,7)17-19-34(9)28-20-29(4,21-37-23(2)35)14-15-30(28,5)16-18-33(27,34)8/h22,25-28H,10-21H2,1-9H3/t22-,25+,26+,27-,28+,29+,30+,31+,32-,33+,34-/m0/s1. The van der Waals surface area contributed by atoms with E-state index in [2.05, 4.69) is 48.5 Å². The van der Waals surface area contributed by atoms with Gasteiger partial charge in [-0.05, 0) is 121 Å². The fraction of sp³-hybridized carbons (Fsp3) is 0.941. The number of hydrogen-bond donors (Lipinski definition) is 0. The van der Waals surface area contributed by atoms with E-state index in [0.717, 1.165) is 12.3 Å². The highest BCUT2D eigenvalue weighted by atomic mass is 16.5. The largest absolute Gasteiger partial charge is 0.465 e. The zero-order valence-electron chi connectivity index (χ0n) is 26.0. The first kappa shape index (κ1) is 28.5. The summed E-state index contributed by atoms with van der Waals surface area (Å²) >= 11 is 0. The summed E-state index contributed by atoms with van der Waals surface area (Å²) in [6.45, 7) is 21.6. The van der Waals surface area contributed by atoms with Gasteiger partial charge in [0.15, 0.2) is 0 Å². The molecule has 0 spiro atoms. The molecule has 0 bridgehead atoms. The molecule has 0 N–H and O–H groups in total. The van der Waals surface area contributed by atoms with Crippen LogP contribution in [-0.4, -0.2) is 24.6 Å². The van der Waals surface area contributed by atoms with Crippen molar-refractivity contribution in [3.8, 4) is 0 Å². The van der Waals surface area contributed by atoms with Crippen LogP contribution in [0.2, 0.25) is 0 Å². The van der Waals surface area contributed by atoms with Gasteiger partial charge in [-0.15, -0.1) is 0 Å². The molecule has 5 fully saturated rings. The molecule has 5 rings (SSSR count). The maximum atomic E-state index is 11.9. The van der Waals surface area contributed by atoms with E-state index < -0.39 is 0 Å². The molecular weight excluding hydrogens is 472 g/mol. The van der Waals surface area contributed by atoms with E-state index in [1.807, 2.05) is 0 Å². The van der Waals surface area contributed by atoms with E-state index in [1.165, 1.54) is 64.2 Å². The van der Waals surface area contributed by atoms with Crippen molar-refractivity contribution in [1.29, 1.82) is 0 Å². The van der Waals surface area contributed by atoms with E-state index in [1.54, 1.807) is 13.8 Å². The number of carbonyl (C=O) groups excluding carboxylic acids is 2. The van der Waals surface area contributed by atoms with E-state index in [9.17, 15) is 9.59 Å². The molecular formula is C34H56O4. The highest BCUT2D eigenvalue weighted by molar-refractivity contribution is 5.66. The van der Waals surface area contributed by atoms with Crippen LogP contribution >= 0.6 is 0 Å². The molecule has 0 aromatic heterocycles. The SMILES string of the molecule is CC(=O)OC[C@]1(C)CC[C@]2(C)CC[C@]3(C)[C@H]4CC[C@@]5(C)[C@@H](CC[C@@H](OC(C)=O)[C@@H]5C)[C@]4(C)CC[C@@]3(C)[C@@H]2C1. The van der Waals surface area contributed by atoms with Crippen LogP contribution in [0.1, 0.15) is 133 Å². The molecule has 0 radical (unpaired) electrons. The predicted molar refractivity (Wildman–Crippen MR) is 151 cm³/mol. The van der Waals surface area contributed by atoms with Crippen molar-refractivity contribution in [1.82, 2.24) is 0 Å². The summed E-state index contributed by atoms with van der Waals surface area (Å²) in [4.78, 5) is 23.6. The topological polar surface area (TPSA) is 52.6 Å². The summed E-state index contributed by atoms with van der Waals surface area (Å²) < 4.78 is 11.5. The Morgan fingerprint density at radius 3 is 1.97 bits per heavy atom. The maximum absolute atomic E-state index is 11.9. The van der Waals surface area contributed by atoms with Crippen LogP contribution in [0.25, 0.3) is 0 Å². The quantitative estimate of drug-likeness (QED) is 0.345. The smallest absolute Gasteiger partial charge is 0.302 e. The molecule has 0 amide bonds. The van der Waals surface area contributed by atoms with Gasteiger partial charge in [-0.25, -0.2) is 0 Å². The van der Waals surface area contributed by atoms with E-state index in [0.29, 0.717) is 46.0 Å². The maximum Gasteiger partial charge on any atom is 0.302 e. The minimum absolute atomic E-state index is 0.0749. The Morgan fingerprint density at radius 1 is 0.684 bits per heavy atom. The Bertz CT molecular complexity index is 976. The van der Waals surface area contributed by atoms with Crippen molar-refractivity contribution in [2.75, 3.05) is 6.61 Å². The number of rotatable bonds is 3. The molecule has 0 saturated heterocycles. The Balaban J connectivity index is 1.45. The van der Waals surface area contributed by atoms with E-state index in [4.69, 9.17) is 9.47 Å². The molecule has 5 aliphatic carbocycles. The van der Waals surface area contributed by atoms with Crippen LogP contribution in [0.4, 0.5) is 0 Å². The lowest BCUT2D eigenvalue weighted by Crippen LogP contribution is -2.68. The molecule has 0 unspecified atom stereocenters. The van der Waals surface area contributed by atoms with Gasteiger partial charge in [-0.2, -0.15) is 0 Å². The second kappa shape index (κ2) is 8.97. The van der Waals surface area contributed by atoms with Crippen LogP contribution < -0.4 is 0 Å². The summed E-state index contributed by atoms with van der Waals surface area (Å²) in [5.74, 6) is 2.28. The zero-order chi connectivity index (χ0) is 27.9. The number of esters is 2. The molecule has 0 aliphatic heterocycles. The molecule has 11 atom stereocenters. The van der Waals surface area contributed by atoms with Crippen molar-refractivity contribution >= 4 is 11.9 Å². The number of hydrogen-bond acceptors (Lipinski definition) is 4. The van der Waals surface area contributed by atoms with Gasteiger partial charge in [-0.3, -0.25) is 9.59 Å². The molecule has 216 valence electrons. The molecule has 0 aromatic carbocycles. The van der Waals surface area contributed by atoms with Crippen LogP contribution in [0, 0.1) is 56.2 Å². The summed E-state index contributed by atoms with van der Waals surface area (Å²) in [6, 6.07) is 0. The van der Waals surface area contributed by atoms with Crippen LogP contribution in [0.15, 0.2) is 0 Å². The van der Waals surface area contributed by atoms with Crippen LogP contribution in [0.5, 0.6) is 0 Å². The summed E-state index contributed by atoms with van der Waals surface area (Å²) in [6.07, 6.45) is 13.8. The van der Waals surface area contributed by atoms with E-state index >= 15 is 0 Å². The van der Waals surface area contributed by atoms with Crippen molar-refractivity contribution in [3.63, 3.8) is 0 Å². The average Bonchev–Trinajstić information content (AvgIpc) is 2.83. The van der Waals surface area contributed by atoms with Gasteiger partial charge in [0.2, 0.25) is 0 Å². The van der Waals surface area contributed by atoms with Crippen LogP contribution in [-0.2, 0) is 19.1 Å². The summed E-state index contributed by atoms with van der Waals surface area (Å²) in [5, 5.41) is 0. The molecule has 38 heavy (non-hydrogen) atoms. The fourth-order valence-electron chi connectivity index (χ4n) is 12.0. The number of ether oxygens (including phenoxy) is 2. The lowest BCUT2D eigenvalue weighted by Gasteiger charge is -2.75. The minimum Gasteiger partial charge on any atom is -0.465 e. The molecule has 4 heteroatoms. The van der Waals surface area contributed by atoms with Crippen molar-refractivity contribution in [3.05, 3.63) is 0 Å². The average molecular weight is 529 g/mol. The molecule has 5 aliphatic rings. The third-order valence-electron chi connectivity index (χ3n) is 14.7. The fourth-order valence-corrected chi connectivity index (χ4v) is 12.0. The second-order valence-electron chi connectivity index (χ2n) is 16.5. The second-order valence-corrected chi connectivity index (χ2v) is 16.5. The highest BCUT2D eigenvalue weighted by Gasteiger charge is 2.71. The van der Waals surface area contributed by atoms with E-state index in [-0.39, 0.29) is 28.9 Å². The third-order valence-corrected chi connectivity index (χ3v) is 14.7. The van der Waals surface area contributed by atoms with Crippen molar-refractivity contribution in [2.45, 2.75) is 139 Å². The van der Waals surface area contributed by atoms with Gasteiger partial charge in [0.05, 0.1) is 6.61 Å². The number of carbonyl (C=O) groups is 2. The first-order chi connectivity index (χ1) is 17.5. The molecule has 4 nitrogen and oxygen atoms in total. The minimum atomic E-state index is -0.143. The summed E-state index contributed by atoms with van der Waals surface area (Å²) in [5.41, 5.74) is 1.73. The predicted octanol–water partition coefficient (Wildman–Crippen LogP) is 8.36. The van der Waals surface area contributed by atoms with Gasteiger partial charge >= 0.3 is 11.9 Å². The van der Waals surface area contributed by atoms with Crippen molar-refractivity contribution in [2.24, 2.45) is 56.2 Å². The molecule has 0 heterocycles. The lowest BCUT2D eigenvalue weighted by molar-refractivity contribution is -0.265. The van der Waals surface area contributed by atoms with Gasteiger partial charge in [0.1, 0.15) is 6.10 Å². The Labute approximate surface area is 232 Å². The monoisotopic (exact) mass is 528 g/mol. The van der Waals surface area contributed by atoms with Gasteiger partial charge in [0.25, 0.3) is 0 Å². The first-order valence-corrected chi connectivity index (χ1v) is 15.8. The Morgan fingerprint density at radius 2 is 1.32 bits per heavy atom. The Hall–Kier alpha value is -1.06. The van der Waals surface area contributed by atoms with Crippen molar-refractivity contribution < 1.29 is 19.1 Å². The number of fused-ring (bicyclic) bond motifs is 7. The summed E-state index contributed by atoms with van der Waals surface area (Å²) in [7, 11) is 0. The molecule has 5 saturated carbocycles. The van der Waals surface area contributed by atoms with Crippen LogP contribution in [0.3, 0.4) is 0 Å². The molecule has 0 aromatic rings. The van der Waals surface area contributed by atoms with Gasteiger partial charge in [0, 0.05) is 19.3 Å². The Kier molecular flexibility index (Phi) is 6.72. The first-order valence-electron chi connectivity index (χ1n) is 15.8.